The van der Waals surface area contributed by atoms with Gasteiger partial charge in [-0.2, -0.15) is 0 Å². The first kappa shape index (κ1) is 33.1. The van der Waals surface area contributed by atoms with E-state index < -0.39 is 0 Å². The van der Waals surface area contributed by atoms with Crippen LogP contribution in [0.2, 0.25) is 0 Å². The summed E-state index contributed by atoms with van der Waals surface area (Å²) in [4.78, 5) is 0. The number of rotatable bonds is 28. The number of halogens is 1. The van der Waals surface area contributed by atoms with Crippen molar-refractivity contribution in [2.45, 2.75) is 161 Å². The van der Waals surface area contributed by atoms with E-state index in [1.54, 1.807) is 0 Å². The average Bonchev–Trinajstić information content (AvgIpc) is 2.83. The van der Waals surface area contributed by atoms with Crippen molar-refractivity contribution in [1.82, 2.24) is 0 Å². The zero-order valence-corrected chi connectivity index (χ0v) is 24.2. The molecule has 2 nitrogen and oxygen atoms in total. The Balaban J connectivity index is 3.87. The fourth-order valence-electron chi connectivity index (χ4n) is 4.16. The van der Waals surface area contributed by atoms with Crippen LogP contribution in [-0.4, -0.2) is 24.8 Å². The standard InChI is InChI=1S/C30H59BrO2/c1-3-5-7-9-16-20-24-28-32-30(33-29-25-21-17-10-8-6-4-2)26-22-18-14-12-11-13-15-19-23-27-31/h15,19,30H,3-14,16-18,20-29H2,1-2H3/b19-15+. The van der Waals surface area contributed by atoms with Crippen molar-refractivity contribution in [3.05, 3.63) is 12.2 Å². The third-order valence-electron chi connectivity index (χ3n) is 6.36. The number of allylic oxidation sites excluding steroid dienone is 2. The van der Waals surface area contributed by atoms with Crippen molar-refractivity contribution < 1.29 is 9.47 Å². The molecule has 0 aromatic rings. The molecule has 0 aromatic heterocycles. The normalized spacial score (nSPS) is 11.9. The van der Waals surface area contributed by atoms with Crippen LogP contribution < -0.4 is 0 Å². The Bertz CT molecular complexity index is 352. The maximum Gasteiger partial charge on any atom is 0.157 e. The van der Waals surface area contributed by atoms with Crippen LogP contribution in [0.25, 0.3) is 0 Å². The Kier molecular flexibility index (Phi) is 30.3. The summed E-state index contributed by atoms with van der Waals surface area (Å²) in [5, 5.41) is 1.08. The number of ether oxygens (including phenoxy) is 2. The predicted octanol–water partition coefficient (Wildman–Crippen LogP) is 10.9. The fraction of sp³-hybridized carbons (Fsp3) is 0.933. The number of unbranched alkanes of at least 4 members (excludes halogenated alkanes) is 17. The van der Waals surface area contributed by atoms with E-state index in [-0.39, 0.29) is 6.29 Å². The topological polar surface area (TPSA) is 18.5 Å². The molecule has 198 valence electrons. The summed E-state index contributed by atoms with van der Waals surface area (Å²) in [6.07, 6.45) is 33.4. The molecule has 0 atom stereocenters. The lowest BCUT2D eigenvalue weighted by atomic mass is 10.1. The summed E-state index contributed by atoms with van der Waals surface area (Å²) in [5.41, 5.74) is 0. The van der Waals surface area contributed by atoms with Crippen LogP contribution >= 0.6 is 15.9 Å². The minimum Gasteiger partial charge on any atom is -0.353 e. The molecule has 33 heavy (non-hydrogen) atoms. The quantitative estimate of drug-likeness (QED) is 0.0433. The van der Waals surface area contributed by atoms with Gasteiger partial charge in [-0.15, -0.1) is 0 Å². The van der Waals surface area contributed by atoms with Gasteiger partial charge in [-0.1, -0.05) is 138 Å². The molecule has 0 aromatic carbocycles. The van der Waals surface area contributed by atoms with Crippen molar-refractivity contribution in [3.63, 3.8) is 0 Å². The minimum atomic E-state index is 0.0253. The zero-order chi connectivity index (χ0) is 24.1. The van der Waals surface area contributed by atoms with Crippen molar-refractivity contribution in [2.24, 2.45) is 0 Å². The van der Waals surface area contributed by atoms with Crippen molar-refractivity contribution in [3.8, 4) is 0 Å². The molecule has 0 rings (SSSR count). The van der Waals surface area contributed by atoms with Gasteiger partial charge in [0.05, 0.1) is 0 Å². The largest absolute Gasteiger partial charge is 0.353 e. The molecule has 0 saturated carbocycles. The molecule has 0 unspecified atom stereocenters. The molecular formula is C30H59BrO2. The lowest BCUT2D eigenvalue weighted by Gasteiger charge is -2.19. The van der Waals surface area contributed by atoms with Crippen LogP contribution in [0.15, 0.2) is 12.2 Å². The van der Waals surface area contributed by atoms with Gasteiger partial charge in [0, 0.05) is 18.5 Å². The highest BCUT2D eigenvalue weighted by Gasteiger charge is 2.09. The summed E-state index contributed by atoms with van der Waals surface area (Å²) >= 11 is 3.47. The average molecular weight is 532 g/mol. The number of alkyl halides is 1. The zero-order valence-electron chi connectivity index (χ0n) is 22.6. The highest BCUT2D eigenvalue weighted by molar-refractivity contribution is 9.09. The van der Waals surface area contributed by atoms with E-state index >= 15 is 0 Å². The lowest BCUT2D eigenvalue weighted by molar-refractivity contribution is -0.148. The molecule has 0 aliphatic carbocycles. The van der Waals surface area contributed by atoms with Crippen molar-refractivity contribution in [2.75, 3.05) is 18.5 Å². The summed E-state index contributed by atoms with van der Waals surface area (Å²) in [5.74, 6) is 0. The van der Waals surface area contributed by atoms with Gasteiger partial charge in [0.1, 0.15) is 0 Å². The Labute approximate surface area is 217 Å². The Morgan fingerprint density at radius 2 is 0.939 bits per heavy atom. The number of hydrogen-bond acceptors (Lipinski definition) is 2. The third-order valence-corrected chi connectivity index (χ3v) is 6.81. The molecule has 0 saturated heterocycles. The predicted molar refractivity (Wildman–Crippen MR) is 152 cm³/mol. The molecule has 0 fully saturated rings. The van der Waals surface area contributed by atoms with E-state index in [4.69, 9.17) is 9.47 Å². The third kappa shape index (κ3) is 28.3. The second-order valence-corrected chi connectivity index (χ2v) is 10.5. The van der Waals surface area contributed by atoms with Crippen LogP contribution in [0.5, 0.6) is 0 Å². The first-order valence-electron chi connectivity index (χ1n) is 14.8. The summed E-state index contributed by atoms with van der Waals surface area (Å²) in [6, 6.07) is 0. The van der Waals surface area contributed by atoms with Gasteiger partial charge in [0.2, 0.25) is 0 Å². The minimum absolute atomic E-state index is 0.0253. The van der Waals surface area contributed by atoms with Gasteiger partial charge < -0.3 is 9.47 Å². The summed E-state index contributed by atoms with van der Waals surface area (Å²) in [6.45, 7) is 6.31. The maximum atomic E-state index is 6.18. The van der Waals surface area contributed by atoms with E-state index in [0.717, 1.165) is 31.4 Å². The summed E-state index contributed by atoms with van der Waals surface area (Å²) in [7, 11) is 0. The molecule has 0 radical (unpaired) electrons. The SMILES string of the molecule is CCCCCCCCCOC(CCCCCCC/C=C/CCBr)OCCCCCCCCC. The molecule has 0 amide bonds. The second-order valence-electron chi connectivity index (χ2n) is 9.71. The molecule has 0 aliphatic rings. The maximum absolute atomic E-state index is 6.18. The van der Waals surface area contributed by atoms with Gasteiger partial charge in [-0.05, 0) is 44.9 Å². The molecule has 0 N–H and O–H groups in total. The van der Waals surface area contributed by atoms with Crippen LogP contribution in [0, 0.1) is 0 Å². The van der Waals surface area contributed by atoms with E-state index in [2.05, 4.69) is 41.9 Å². The van der Waals surface area contributed by atoms with Crippen LogP contribution in [-0.2, 0) is 9.47 Å². The highest BCUT2D eigenvalue weighted by Crippen LogP contribution is 2.14. The van der Waals surface area contributed by atoms with Crippen LogP contribution in [0.1, 0.15) is 155 Å². The number of hydrogen-bond donors (Lipinski definition) is 0. The van der Waals surface area contributed by atoms with E-state index in [1.165, 1.54) is 128 Å². The fourth-order valence-corrected chi connectivity index (χ4v) is 4.43. The van der Waals surface area contributed by atoms with Gasteiger partial charge in [0.15, 0.2) is 6.29 Å². The first-order valence-corrected chi connectivity index (χ1v) is 15.9. The first-order chi connectivity index (χ1) is 16.3. The van der Waals surface area contributed by atoms with Crippen molar-refractivity contribution in [1.29, 1.82) is 0 Å². The van der Waals surface area contributed by atoms with E-state index in [1.807, 2.05) is 0 Å². The van der Waals surface area contributed by atoms with Gasteiger partial charge >= 0.3 is 0 Å². The monoisotopic (exact) mass is 530 g/mol. The molecule has 0 heterocycles. The van der Waals surface area contributed by atoms with Crippen LogP contribution in [0.4, 0.5) is 0 Å². The lowest BCUT2D eigenvalue weighted by Crippen LogP contribution is -2.19. The second kappa shape index (κ2) is 30.2. The smallest absolute Gasteiger partial charge is 0.157 e. The molecule has 3 heteroatoms. The molecule has 0 spiro atoms. The Morgan fingerprint density at radius 3 is 1.45 bits per heavy atom. The highest BCUT2D eigenvalue weighted by atomic mass is 79.9. The molecular weight excluding hydrogens is 472 g/mol. The van der Waals surface area contributed by atoms with Gasteiger partial charge in [0.25, 0.3) is 0 Å². The Hall–Kier alpha value is 0.140. The Morgan fingerprint density at radius 1 is 0.515 bits per heavy atom. The van der Waals surface area contributed by atoms with Crippen molar-refractivity contribution >= 4 is 15.9 Å². The van der Waals surface area contributed by atoms with Crippen LogP contribution in [0.3, 0.4) is 0 Å². The molecule has 0 bridgehead atoms. The van der Waals surface area contributed by atoms with Gasteiger partial charge in [-0.3, -0.25) is 0 Å². The van der Waals surface area contributed by atoms with E-state index in [0.29, 0.717) is 0 Å². The van der Waals surface area contributed by atoms with E-state index in [9.17, 15) is 0 Å². The molecule has 0 aliphatic heterocycles. The summed E-state index contributed by atoms with van der Waals surface area (Å²) < 4.78 is 12.4. The van der Waals surface area contributed by atoms with Gasteiger partial charge in [-0.25, -0.2) is 0 Å².